The molecular weight excluding hydrogens is 226 g/mol. The molecule has 0 fully saturated rings. The molecule has 0 amide bonds. The number of rotatable bonds is 3. The second-order valence-electron chi connectivity index (χ2n) is 3.25. The first-order valence-corrected chi connectivity index (χ1v) is 4.72. The van der Waals surface area contributed by atoms with Crippen LogP contribution in [0.2, 0.25) is 0 Å². The lowest BCUT2D eigenvalue weighted by Crippen LogP contribution is -2.14. The highest BCUT2D eigenvalue weighted by Gasteiger charge is 2.16. The molecule has 1 aromatic heterocycles. The number of nitro groups is 1. The van der Waals surface area contributed by atoms with Crippen molar-refractivity contribution in [2.24, 2.45) is 0 Å². The van der Waals surface area contributed by atoms with Gasteiger partial charge in [-0.25, -0.2) is 4.79 Å². The number of hydrogen-bond donors (Lipinski definition) is 1. The van der Waals surface area contributed by atoms with Crippen molar-refractivity contribution in [2.75, 3.05) is 7.11 Å². The smallest absolute Gasteiger partial charge is 0.330 e. The van der Waals surface area contributed by atoms with E-state index >= 15 is 0 Å². The molecule has 0 unspecified atom stereocenters. The highest BCUT2D eigenvalue weighted by Crippen LogP contribution is 2.28. The van der Waals surface area contributed by atoms with Crippen LogP contribution in [0.4, 0.5) is 5.69 Å². The van der Waals surface area contributed by atoms with Crippen LogP contribution in [0, 0.1) is 10.1 Å². The van der Waals surface area contributed by atoms with Gasteiger partial charge in [0.2, 0.25) is 0 Å². The molecule has 2 aromatic rings. The van der Waals surface area contributed by atoms with Gasteiger partial charge in [0.1, 0.15) is 0 Å². The van der Waals surface area contributed by atoms with Gasteiger partial charge >= 0.3 is 11.4 Å². The predicted octanol–water partition coefficient (Wildman–Crippen LogP) is 1.08. The molecule has 0 atom stereocenters. The van der Waals surface area contributed by atoms with E-state index in [0.29, 0.717) is 5.69 Å². The number of nitro benzene ring substituents is 1. The third-order valence-corrected chi connectivity index (χ3v) is 2.29. The second kappa shape index (κ2) is 4.12. The number of methoxy groups -OCH3 is 1. The molecule has 1 aromatic carbocycles. The monoisotopic (exact) mass is 235 g/mol. The van der Waals surface area contributed by atoms with Crippen molar-refractivity contribution < 1.29 is 9.66 Å². The molecule has 0 bridgehead atoms. The van der Waals surface area contributed by atoms with Crippen molar-refractivity contribution in [2.45, 2.75) is 0 Å². The Labute approximate surface area is 95.4 Å². The Kier molecular flexibility index (Phi) is 2.65. The molecular formula is C10H9N3O4. The summed E-state index contributed by atoms with van der Waals surface area (Å²) < 4.78 is 6.14. The summed E-state index contributed by atoms with van der Waals surface area (Å²) in [5.74, 6) is 0.155. The van der Waals surface area contributed by atoms with Crippen LogP contribution in [0.5, 0.6) is 5.75 Å². The normalized spacial score (nSPS) is 10.2. The number of imidazole rings is 1. The van der Waals surface area contributed by atoms with E-state index in [1.165, 1.54) is 36.2 Å². The van der Waals surface area contributed by atoms with Crippen molar-refractivity contribution in [1.82, 2.24) is 9.55 Å². The summed E-state index contributed by atoms with van der Waals surface area (Å²) >= 11 is 0. The Morgan fingerprint density at radius 1 is 1.47 bits per heavy atom. The Hall–Kier alpha value is -2.57. The molecule has 7 heteroatoms. The first-order valence-electron chi connectivity index (χ1n) is 4.72. The van der Waals surface area contributed by atoms with Crippen LogP contribution < -0.4 is 10.4 Å². The van der Waals surface area contributed by atoms with E-state index in [4.69, 9.17) is 4.74 Å². The zero-order valence-corrected chi connectivity index (χ0v) is 8.91. The third-order valence-electron chi connectivity index (χ3n) is 2.29. The highest BCUT2D eigenvalue weighted by molar-refractivity contribution is 5.53. The molecule has 2 rings (SSSR count). The third kappa shape index (κ3) is 1.89. The molecule has 0 saturated heterocycles. The average Bonchev–Trinajstić information content (AvgIpc) is 2.74. The summed E-state index contributed by atoms with van der Waals surface area (Å²) in [5.41, 5.74) is -0.133. The maximum Gasteiger partial charge on any atom is 0.330 e. The zero-order chi connectivity index (χ0) is 12.4. The van der Waals surface area contributed by atoms with Crippen LogP contribution >= 0.6 is 0 Å². The average molecular weight is 235 g/mol. The lowest BCUT2D eigenvalue weighted by Gasteiger charge is -2.04. The summed E-state index contributed by atoms with van der Waals surface area (Å²) in [5, 5.41) is 10.8. The number of aromatic nitrogens is 2. The molecule has 0 aliphatic heterocycles. The van der Waals surface area contributed by atoms with Gasteiger partial charge in [-0.2, -0.15) is 0 Å². The lowest BCUT2D eigenvalue weighted by molar-refractivity contribution is -0.385. The second-order valence-corrected chi connectivity index (χ2v) is 3.25. The van der Waals surface area contributed by atoms with Crippen LogP contribution in [0.25, 0.3) is 5.69 Å². The number of hydrogen-bond acceptors (Lipinski definition) is 4. The molecule has 0 saturated carbocycles. The quantitative estimate of drug-likeness (QED) is 0.636. The SMILES string of the molecule is COc1ccc(-n2cc[nH]c2=O)cc1[N+](=O)[O-]. The van der Waals surface area contributed by atoms with Crippen LogP contribution in [0.1, 0.15) is 0 Å². The predicted molar refractivity (Wildman–Crippen MR) is 59.6 cm³/mol. The maximum absolute atomic E-state index is 11.4. The molecule has 0 radical (unpaired) electrons. The minimum atomic E-state index is -0.556. The number of H-pyrrole nitrogens is 1. The Morgan fingerprint density at radius 2 is 2.24 bits per heavy atom. The van der Waals surface area contributed by atoms with Crippen LogP contribution in [0.3, 0.4) is 0 Å². The fourth-order valence-electron chi connectivity index (χ4n) is 1.49. The summed E-state index contributed by atoms with van der Waals surface area (Å²) in [6.45, 7) is 0. The fraction of sp³-hybridized carbons (Fsp3) is 0.100. The van der Waals surface area contributed by atoms with E-state index in [-0.39, 0.29) is 17.1 Å². The lowest BCUT2D eigenvalue weighted by atomic mass is 10.2. The van der Waals surface area contributed by atoms with Gasteiger partial charge in [0.05, 0.1) is 17.7 Å². The van der Waals surface area contributed by atoms with Crippen LogP contribution in [0.15, 0.2) is 35.4 Å². The summed E-state index contributed by atoms with van der Waals surface area (Å²) in [6, 6.07) is 4.31. The number of nitrogens with zero attached hydrogens (tertiary/aromatic N) is 2. The van der Waals surface area contributed by atoms with Crippen molar-refractivity contribution in [3.8, 4) is 11.4 Å². The van der Waals surface area contributed by atoms with E-state index in [2.05, 4.69) is 4.98 Å². The molecule has 0 aliphatic carbocycles. The number of aromatic amines is 1. The van der Waals surface area contributed by atoms with Gasteiger partial charge in [-0.15, -0.1) is 0 Å². The van der Waals surface area contributed by atoms with E-state index in [1.54, 1.807) is 6.07 Å². The van der Waals surface area contributed by atoms with Crippen molar-refractivity contribution >= 4 is 5.69 Å². The van der Waals surface area contributed by atoms with Gasteiger partial charge in [-0.3, -0.25) is 14.7 Å². The first kappa shape index (κ1) is 10.9. The number of ether oxygens (including phenoxy) is 1. The van der Waals surface area contributed by atoms with Crippen molar-refractivity contribution in [1.29, 1.82) is 0 Å². The topological polar surface area (TPSA) is 90.2 Å². The summed E-state index contributed by atoms with van der Waals surface area (Å²) in [4.78, 5) is 24.1. The highest BCUT2D eigenvalue weighted by atomic mass is 16.6. The minimum Gasteiger partial charge on any atom is -0.490 e. The maximum atomic E-state index is 11.4. The largest absolute Gasteiger partial charge is 0.490 e. The fourth-order valence-corrected chi connectivity index (χ4v) is 1.49. The summed E-state index contributed by atoms with van der Waals surface area (Å²) in [7, 11) is 1.35. The van der Waals surface area contributed by atoms with Crippen LogP contribution in [-0.4, -0.2) is 21.6 Å². The number of nitrogens with one attached hydrogen (secondary N) is 1. The van der Waals surface area contributed by atoms with Gasteiger partial charge in [-0.05, 0) is 12.1 Å². The molecule has 0 aliphatic rings. The van der Waals surface area contributed by atoms with Crippen LogP contribution in [-0.2, 0) is 0 Å². The Bertz CT molecular complexity index is 614. The zero-order valence-electron chi connectivity index (χ0n) is 8.91. The van der Waals surface area contributed by atoms with E-state index in [0.717, 1.165) is 0 Å². The molecule has 0 spiro atoms. The summed E-state index contributed by atoms with van der Waals surface area (Å²) in [6.07, 6.45) is 2.95. The molecule has 88 valence electrons. The van der Waals surface area contributed by atoms with Gasteiger partial charge in [-0.1, -0.05) is 0 Å². The standard InChI is InChI=1S/C10H9N3O4/c1-17-9-3-2-7(6-8(9)13(15)16)12-5-4-11-10(12)14/h2-6H,1H3,(H,11,14). The first-order chi connectivity index (χ1) is 8.13. The minimum absolute atomic E-state index is 0.155. The van der Waals surface area contributed by atoms with Gasteiger partial charge in [0, 0.05) is 18.5 Å². The Morgan fingerprint density at radius 3 is 2.76 bits per heavy atom. The van der Waals surface area contributed by atoms with Crippen molar-refractivity contribution in [3.63, 3.8) is 0 Å². The van der Waals surface area contributed by atoms with Gasteiger partial charge in [0.15, 0.2) is 5.75 Å². The van der Waals surface area contributed by atoms with Gasteiger partial charge in [0.25, 0.3) is 0 Å². The molecule has 17 heavy (non-hydrogen) atoms. The Balaban J connectivity index is 2.59. The van der Waals surface area contributed by atoms with Gasteiger partial charge < -0.3 is 9.72 Å². The van der Waals surface area contributed by atoms with E-state index in [1.807, 2.05) is 0 Å². The number of benzene rings is 1. The van der Waals surface area contributed by atoms with Crippen molar-refractivity contribution in [3.05, 3.63) is 51.2 Å². The van der Waals surface area contributed by atoms with E-state index in [9.17, 15) is 14.9 Å². The molecule has 1 heterocycles. The molecule has 7 nitrogen and oxygen atoms in total. The molecule has 1 N–H and O–H groups in total. The van der Waals surface area contributed by atoms with E-state index < -0.39 is 4.92 Å².